The summed E-state index contributed by atoms with van der Waals surface area (Å²) in [5.41, 5.74) is 7.87. The van der Waals surface area contributed by atoms with Gasteiger partial charge < -0.3 is 36.9 Å². The van der Waals surface area contributed by atoms with Crippen LogP contribution in [0.1, 0.15) is 38.3 Å². The lowest BCUT2D eigenvalue weighted by Gasteiger charge is -2.27. The second-order valence-corrected chi connectivity index (χ2v) is 10.1. The van der Waals surface area contributed by atoms with Crippen LogP contribution < -0.4 is 21.7 Å². The second-order valence-electron chi connectivity index (χ2n) is 10.1. The van der Waals surface area contributed by atoms with Crippen molar-refractivity contribution < 1.29 is 29.4 Å². The standard InChI is InChI=1S/C29H37N5O6/c1-4-16(2)25(34-26(36)17(3)30)28(38)32-23(13-18-9-11-20(35)12-10-18)27(37)33-24(29(39)40)14-19-15-31-22-8-6-5-7-21(19)22/h5-12,15-17,23-25,31,35H,4,13-14,30H2,1-3H3,(H,32,38)(H,33,37)(H,34,36)(H,39,40). The van der Waals surface area contributed by atoms with E-state index in [1.54, 1.807) is 25.3 Å². The molecule has 5 unspecified atom stereocenters. The molecule has 11 nitrogen and oxygen atoms in total. The Kier molecular flexibility index (Phi) is 10.3. The van der Waals surface area contributed by atoms with Gasteiger partial charge in [0.2, 0.25) is 17.7 Å². The van der Waals surface area contributed by atoms with Crippen molar-refractivity contribution in [3.63, 3.8) is 0 Å². The maximum atomic E-state index is 13.5. The Morgan fingerprint density at radius 1 is 0.875 bits per heavy atom. The van der Waals surface area contributed by atoms with Crippen LogP contribution in [0, 0.1) is 5.92 Å². The summed E-state index contributed by atoms with van der Waals surface area (Å²) in [5, 5.41) is 28.3. The number of nitrogens with two attached hydrogens (primary N) is 1. The van der Waals surface area contributed by atoms with E-state index in [1.807, 2.05) is 31.2 Å². The number of aliphatic carboxylic acids is 1. The van der Waals surface area contributed by atoms with Crippen LogP contribution in [-0.2, 0) is 32.0 Å². The zero-order valence-electron chi connectivity index (χ0n) is 22.8. The fourth-order valence-electron chi connectivity index (χ4n) is 4.32. The smallest absolute Gasteiger partial charge is 0.326 e. The molecule has 0 saturated heterocycles. The largest absolute Gasteiger partial charge is 0.508 e. The number of aromatic nitrogens is 1. The number of aromatic amines is 1. The van der Waals surface area contributed by atoms with E-state index in [0.717, 1.165) is 16.5 Å². The highest BCUT2D eigenvalue weighted by molar-refractivity contribution is 5.94. The van der Waals surface area contributed by atoms with Crippen molar-refractivity contribution in [2.24, 2.45) is 11.7 Å². The molecule has 8 N–H and O–H groups in total. The number of phenols is 1. The Morgan fingerprint density at radius 3 is 2.15 bits per heavy atom. The average Bonchev–Trinajstić information content (AvgIpc) is 3.34. The fraction of sp³-hybridized carbons (Fsp3) is 0.379. The zero-order chi connectivity index (χ0) is 29.4. The highest BCUT2D eigenvalue weighted by atomic mass is 16.4. The molecule has 0 radical (unpaired) electrons. The van der Waals surface area contributed by atoms with Crippen molar-refractivity contribution in [2.75, 3.05) is 0 Å². The van der Waals surface area contributed by atoms with Crippen LogP contribution in [0.4, 0.5) is 0 Å². The number of fused-ring (bicyclic) bond motifs is 1. The van der Waals surface area contributed by atoms with E-state index >= 15 is 0 Å². The van der Waals surface area contributed by atoms with Gasteiger partial charge in [0.05, 0.1) is 6.04 Å². The number of carboxylic acids is 1. The number of carboxylic acid groups (broad SMARTS) is 1. The van der Waals surface area contributed by atoms with Crippen molar-refractivity contribution >= 4 is 34.6 Å². The third-order valence-corrected chi connectivity index (χ3v) is 6.93. The number of hydrogen-bond donors (Lipinski definition) is 7. The molecule has 5 atom stereocenters. The SMILES string of the molecule is CCC(C)C(NC(=O)C(C)N)C(=O)NC(Cc1ccc(O)cc1)C(=O)NC(Cc1c[nH]c2ccccc12)C(=O)O. The van der Waals surface area contributed by atoms with Crippen molar-refractivity contribution in [3.05, 3.63) is 65.9 Å². The molecule has 3 amide bonds. The van der Waals surface area contributed by atoms with Crippen LogP contribution in [0.2, 0.25) is 0 Å². The van der Waals surface area contributed by atoms with Gasteiger partial charge in [-0.15, -0.1) is 0 Å². The number of benzene rings is 2. The molecular weight excluding hydrogens is 514 g/mol. The first-order valence-electron chi connectivity index (χ1n) is 13.2. The summed E-state index contributed by atoms with van der Waals surface area (Å²) in [6.07, 6.45) is 2.31. The summed E-state index contributed by atoms with van der Waals surface area (Å²) in [7, 11) is 0. The summed E-state index contributed by atoms with van der Waals surface area (Å²) in [5.74, 6) is -3.26. The van der Waals surface area contributed by atoms with Crippen LogP contribution in [0.15, 0.2) is 54.7 Å². The van der Waals surface area contributed by atoms with E-state index < -0.39 is 47.9 Å². The van der Waals surface area contributed by atoms with Gasteiger partial charge >= 0.3 is 5.97 Å². The highest BCUT2D eigenvalue weighted by Gasteiger charge is 2.32. The van der Waals surface area contributed by atoms with Crippen LogP contribution in [0.25, 0.3) is 10.9 Å². The van der Waals surface area contributed by atoms with Crippen molar-refractivity contribution in [1.82, 2.24) is 20.9 Å². The van der Waals surface area contributed by atoms with Crippen LogP contribution >= 0.6 is 0 Å². The molecule has 3 aromatic rings. The Balaban J connectivity index is 1.85. The first-order valence-corrected chi connectivity index (χ1v) is 13.2. The van der Waals surface area contributed by atoms with Crippen molar-refractivity contribution in [3.8, 4) is 5.75 Å². The van der Waals surface area contributed by atoms with Gasteiger partial charge in [-0.3, -0.25) is 14.4 Å². The summed E-state index contributed by atoms with van der Waals surface area (Å²) in [4.78, 5) is 54.4. The number of carbonyl (C=O) groups is 4. The summed E-state index contributed by atoms with van der Waals surface area (Å²) in [6, 6.07) is 9.32. The molecule has 0 fully saturated rings. The Hall–Kier alpha value is -4.38. The first-order chi connectivity index (χ1) is 19.0. The number of H-pyrrole nitrogens is 1. The molecule has 0 spiro atoms. The molecule has 3 rings (SSSR count). The third-order valence-electron chi connectivity index (χ3n) is 6.93. The number of rotatable bonds is 13. The van der Waals surface area contributed by atoms with E-state index in [0.29, 0.717) is 12.0 Å². The molecule has 40 heavy (non-hydrogen) atoms. The maximum Gasteiger partial charge on any atom is 0.326 e. The molecule has 1 aromatic heterocycles. The molecule has 0 saturated carbocycles. The van der Waals surface area contributed by atoms with E-state index in [9.17, 15) is 29.4 Å². The number of carbonyl (C=O) groups excluding carboxylic acids is 3. The minimum atomic E-state index is -1.27. The van der Waals surface area contributed by atoms with E-state index in [4.69, 9.17) is 5.73 Å². The highest BCUT2D eigenvalue weighted by Crippen LogP contribution is 2.19. The molecular formula is C29H37N5O6. The number of nitrogens with one attached hydrogen (secondary N) is 4. The summed E-state index contributed by atoms with van der Waals surface area (Å²) in [6.45, 7) is 5.16. The van der Waals surface area contributed by atoms with Gasteiger partial charge in [-0.05, 0) is 42.2 Å². The van der Waals surface area contributed by atoms with Gasteiger partial charge in [0, 0.05) is 29.9 Å². The van der Waals surface area contributed by atoms with Crippen LogP contribution in [0.3, 0.4) is 0 Å². The van der Waals surface area contributed by atoms with Gasteiger partial charge in [0.15, 0.2) is 0 Å². The lowest BCUT2D eigenvalue weighted by Crippen LogP contribution is -2.59. The predicted octanol–water partition coefficient (Wildman–Crippen LogP) is 1.59. The topological polar surface area (TPSA) is 187 Å². The molecule has 2 aromatic carbocycles. The average molecular weight is 552 g/mol. The minimum absolute atomic E-state index is 0.0188. The Bertz CT molecular complexity index is 1340. The van der Waals surface area contributed by atoms with Gasteiger partial charge in [0.1, 0.15) is 23.9 Å². The van der Waals surface area contributed by atoms with E-state index in [1.165, 1.54) is 19.1 Å². The second kappa shape index (κ2) is 13.6. The third kappa shape index (κ3) is 7.82. The number of hydrogen-bond acceptors (Lipinski definition) is 6. The lowest BCUT2D eigenvalue weighted by atomic mass is 9.96. The van der Waals surface area contributed by atoms with Crippen molar-refractivity contribution in [2.45, 2.75) is 64.2 Å². The quantitative estimate of drug-likeness (QED) is 0.168. The lowest BCUT2D eigenvalue weighted by molar-refractivity contribution is -0.142. The van der Waals surface area contributed by atoms with E-state index in [-0.39, 0.29) is 24.5 Å². The summed E-state index contributed by atoms with van der Waals surface area (Å²) >= 11 is 0. The summed E-state index contributed by atoms with van der Waals surface area (Å²) < 4.78 is 0. The molecule has 0 bridgehead atoms. The van der Waals surface area contributed by atoms with Gasteiger partial charge in [-0.25, -0.2) is 4.79 Å². The monoisotopic (exact) mass is 551 g/mol. The predicted molar refractivity (Wildman–Crippen MR) is 150 cm³/mol. The maximum absolute atomic E-state index is 13.5. The Morgan fingerprint density at radius 2 is 1.52 bits per heavy atom. The van der Waals surface area contributed by atoms with Crippen LogP contribution in [-0.4, -0.2) is 63.1 Å². The minimum Gasteiger partial charge on any atom is -0.508 e. The van der Waals surface area contributed by atoms with Gasteiger partial charge in [-0.1, -0.05) is 50.6 Å². The van der Waals surface area contributed by atoms with Crippen molar-refractivity contribution in [1.29, 1.82) is 0 Å². The van der Waals surface area contributed by atoms with Gasteiger partial charge in [0.25, 0.3) is 0 Å². The number of amides is 3. The molecule has 214 valence electrons. The molecule has 0 aliphatic rings. The number of para-hydroxylation sites is 1. The number of aromatic hydroxyl groups is 1. The molecule has 0 aliphatic carbocycles. The number of phenolic OH excluding ortho intramolecular Hbond substituents is 1. The van der Waals surface area contributed by atoms with E-state index in [2.05, 4.69) is 20.9 Å². The molecule has 11 heteroatoms. The Labute approximate surface area is 232 Å². The normalized spacial score (nSPS) is 14.9. The zero-order valence-corrected chi connectivity index (χ0v) is 22.8. The van der Waals surface area contributed by atoms with Crippen LogP contribution in [0.5, 0.6) is 5.75 Å². The van der Waals surface area contributed by atoms with Gasteiger partial charge in [-0.2, -0.15) is 0 Å². The molecule has 0 aliphatic heterocycles. The molecule has 1 heterocycles. The first kappa shape index (κ1) is 30.2. The fourth-order valence-corrected chi connectivity index (χ4v) is 4.32.